The number of hydrogen-bond acceptors (Lipinski definition) is 4. The molecular weight excluding hydrogens is 400 g/mol. The van der Waals surface area contributed by atoms with Gasteiger partial charge < -0.3 is 9.73 Å². The Balaban J connectivity index is 1.59. The summed E-state index contributed by atoms with van der Waals surface area (Å²) in [6.45, 7) is 4.93. The standard InChI is InChI=1S/C23H30N2O4S/c1-16-20-15-19(30(27,28)25-13-7-4-8-14-25)11-12-21(20)29-22(16)23(26)24-17(2)18-9-5-3-6-10-18/h9,11-12,15,17H,3-8,10,13-14H2,1-2H3,(H,24,26). The topological polar surface area (TPSA) is 79.6 Å². The number of furan rings is 1. The van der Waals surface area contributed by atoms with Gasteiger partial charge in [-0.1, -0.05) is 18.1 Å². The molecule has 0 bridgehead atoms. The Hall–Kier alpha value is -2.12. The van der Waals surface area contributed by atoms with Crippen molar-refractivity contribution in [1.82, 2.24) is 9.62 Å². The Morgan fingerprint density at radius 3 is 2.60 bits per heavy atom. The molecule has 2 heterocycles. The first kappa shape index (κ1) is 21.1. The molecule has 1 unspecified atom stereocenters. The van der Waals surface area contributed by atoms with Crippen LogP contribution in [0.25, 0.3) is 11.0 Å². The summed E-state index contributed by atoms with van der Waals surface area (Å²) in [5.41, 5.74) is 2.46. The quantitative estimate of drug-likeness (QED) is 0.707. The zero-order chi connectivity index (χ0) is 21.3. The smallest absolute Gasteiger partial charge is 0.287 e. The number of allylic oxidation sites excluding steroid dienone is 1. The molecule has 1 aliphatic carbocycles. The third-order valence-electron chi connectivity index (χ3n) is 6.30. The van der Waals surface area contributed by atoms with E-state index in [-0.39, 0.29) is 22.6 Å². The first-order chi connectivity index (χ1) is 14.4. The Kier molecular flexibility index (Phi) is 6.02. The largest absolute Gasteiger partial charge is 0.451 e. The van der Waals surface area contributed by atoms with E-state index in [1.165, 1.54) is 12.0 Å². The van der Waals surface area contributed by atoms with Crippen molar-refractivity contribution in [2.75, 3.05) is 13.1 Å². The highest BCUT2D eigenvalue weighted by molar-refractivity contribution is 7.89. The Labute approximate surface area is 178 Å². The van der Waals surface area contributed by atoms with Gasteiger partial charge in [0, 0.05) is 30.1 Å². The van der Waals surface area contributed by atoms with Gasteiger partial charge in [-0.15, -0.1) is 0 Å². The number of amides is 1. The second kappa shape index (κ2) is 8.55. The summed E-state index contributed by atoms with van der Waals surface area (Å²) in [4.78, 5) is 13.1. The third-order valence-corrected chi connectivity index (χ3v) is 8.19. The van der Waals surface area contributed by atoms with E-state index in [1.54, 1.807) is 22.5 Å². The molecule has 1 aliphatic heterocycles. The van der Waals surface area contributed by atoms with E-state index < -0.39 is 10.0 Å². The van der Waals surface area contributed by atoms with E-state index in [0.29, 0.717) is 29.6 Å². The SMILES string of the molecule is Cc1c(C(=O)NC(C)C2=CCCCC2)oc2ccc(S(=O)(=O)N3CCCCC3)cc12. The number of nitrogens with zero attached hydrogens (tertiary/aromatic N) is 1. The van der Waals surface area contributed by atoms with Crippen molar-refractivity contribution in [3.8, 4) is 0 Å². The highest BCUT2D eigenvalue weighted by atomic mass is 32.2. The van der Waals surface area contributed by atoms with E-state index in [4.69, 9.17) is 4.42 Å². The predicted molar refractivity (Wildman–Crippen MR) is 117 cm³/mol. The number of benzene rings is 1. The Morgan fingerprint density at radius 2 is 1.90 bits per heavy atom. The molecule has 1 atom stereocenters. The van der Waals surface area contributed by atoms with Crippen LogP contribution in [0.1, 0.15) is 68.0 Å². The minimum Gasteiger partial charge on any atom is -0.451 e. The molecule has 162 valence electrons. The number of carbonyl (C=O) groups is 1. The summed E-state index contributed by atoms with van der Waals surface area (Å²) in [6, 6.07) is 4.83. The van der Waals surface area contributed by atoms with Crippen LogP contribution in [0.4, 0.5) is 0 Å². The zero-order valence-electron chi connectivity index (χ0n) is 17.7. The Bertz CT molecular complexity index is 1080. The van der Waals surface area contributed by atoms with Crippen molar-refractivity contribution < 1.29 is 17.6 Å². The van der Waals surface area contributed by atoms with Gasteiger partial charge in [-0.3, -0.25) is 4.79 Å². The fourth-order valence-electron chi connectivity index (χ4n) is 4.44. The molecule has 0 saturated carbocycles. The summed E-state index contributed by atoms with van der Waals surface area (Å²) in [5, 5.41) is 3.71. The number of piperidine rings is 1. The molecule has 1 fully saturated rings. The fourth-order valence-corrected chi connectivity index (χ4v) is 5.99. The zero-order valence-corrected chi connectivity index (χ0v) is 18.6. The molecule has 4 rings (SSSR count). The third kappa shape index (κ3) is 4.05. The van der Waals surface area contributed by atoms with Crippen LogP contribution in [-0.4, -0.2) is 37.8 Å². The molecule has 1 saturated heterocycles. The maximum Gasteiger partial charge on any atom is 0.287 e. The number of rotatable bonds is 5. The number of nitrogens with one attached hydrogen (secondary N) is 1. The molecule has 7 heteroatoms. The molecule has 30 heavy (non-hydrogen) atoms. The van der Waals surface area contributed by atoms with Crippen LogP contribution in [0, 0.1) is 6.92 Å². The summed E-state index contributed by atoms with van der Waals surface area (Å²) in [7, 11) is -3.53. The minimum atomic E-state index is -3.53. The molecular formula is C23H30N2O4S. The van der Waals surface area contributed by atoms with Gasteiger partial charge in [0.2, 0.25) is 10.0 Å². The molecule has 0 radical (unpaired) electrons. The lowest BCUT2D eigenvalue weighted by molar-refractivity contribution is 0.0918. The van der Waals surface area contributed by atoms with Crippen LogP contribution in [0.15, 0.2) is 39.2 Å². The predicted octanol–water partition coefficient (Wildman–Crippen LogP) is 4.53. The second-order valence-electron chi connectivity index (χ2n) is 8.40. The number of sulfonamides is 1. The summed E-state index contributed by atoms with van der Waals surface area (Å²) >= 11 is 0. The van der Waals surface area contributed by atoms with Gasteiger partial charge in [-0.05, 0) is 70.6 Å². The lowest BCUT2D eigenvalue weighted by Crippen LogP contribution is -2.35. The lowest BCUT2D eigenvalue weighted by atomic mass is 9.94. The maximum atomic E-state index is 13.0. The van der Waals surface area contributed by atoms with Gasteiger partial charge in [0.05, 0.1) is 4.90 Å². The van der Waals surface area contributed by atoms with E-state index in [1.807, 2.05) is 13.8 Å². The average molecular weight is 431 g/mol. The van der Waals surface area contributed by atoms with Crippen LogP contribution in [0.3, 0.4) is 0 Å². The molecule has 2 aliphatic rings. The van der Waals surface area contributed by atoms with Crippen molar-refractivity contribution >= 4 is 26.9 Å². The molecule has 2 aromatic rings. The van der Waals surface area contributed by atoms with Gasteiger partial charge in [0.15, 0.2) is 5.76 Å². The summed E-state index contributed by atoms with van der Waals surface area (Å²) < 4.78 is 33.4. The van der Waals surface area contributed by atoms with Gasteiger partial charge in [-0.2, -0.15) is 4.31 Å². The van der Waals surface area contributed by atoms with E-state index in [2.05, 4.69) is 11.4 Å². The summed E-state index contributed by atoms with van der Waals surface area (Å²) in [5.74, 6) is -0.0103. The van der Waals surface area contributed by atoms with Crippen molar-refractivity contribution in [3.05, 3.63) is 41.2 Å². The first-order valence-electron chi connectivity index (χ1n) is 10.9. The second-order valence-corrected chi connectivity index (χ2v) is 10.3. The molecule has 1 aromatic carbocycles. The monoisotopic (exact) mass is 430 g/mol. The number of carbonyl (C=O) groups excluding carboxylic acids is 1. The van der Waals surface area contributed by atoms with E-state index in [0.717, 1.165) is 38.5 Å². The van der Waals surface area contributed by atoms with Gasteiger partial charge in [0.25, 0.3) is 5.91 Å². The van der Waals surface area contributed by atoms with Crippen molar-refractivity contribution in [3.63, 3.8) is 0 Å². The van der Waals surface area contributed by atoms with Crippen molar-refractivity contribution in [2.45, 2.75) is 69.7 Å². The highest BCUT2D eigenvalue weighted by Crippen LogP contribution is 2.30. The fraction of sp³-hybridized carbons (Fsp3) is 0.522. The van der Waals surface area contributed by atoms with Crippen LogP contribution in [0.2, 0.25) is 0 Å². The lowest BCUT2D eigenvalue weighted by Gasteiger charge is -2.25. The molecule has 1 aromatic heterocycles. The first-order valence-corrected chi connectivity index (χ1v) is 12.3. The maximum absolute atomic E-state index is 13.0. The number of fused-ring (bicyclic) bond motifs is 1. The van der Waals surface area contributed by atoms with Crippen LogP contribution >= 0.6 is 0 Å². The van der Waals surface area contributed by atoms with Crippen LogP contribution in [-0.2, 0) is 10.0 Å². The molecule has 1 N–H and O–H groups in total. The summed E-state index contributed by atoms with van der Waals surface area (Å²) in [6.07, 6.45) is 9.51. The number of hydrogen-bond donors (Lipinski definition) is 1. The molecule has 6 nitrogen and oxygen atoms in total. The average Bonchev–Trinajstić information content (AvgIpc) is 3.11. The van der Waals surface area contributed by atoms with Gasteiger partial charge in [0.1, 0.15) is 5.58 Å². The number of aryl methyl sites for hydroxylation is 1. The molecule has 1 amide bonds. The normalized spacial score (nSPS) is 19.5. The Morgan fingerprint density at radius 1 is 1.13 bits per heavy atom. The van der Waals surface area contributed by atoms with E-state index in [9.17, 15) is 13.2 Å². The molecule has 0 spiro atoms. The van der Waals surface area contributed by atoms with Crippen molar-refractivity contribution in [1.29, 1.82) is 0 Å². The van der Waals surface area contributed by atoms with Gasteiger partial charge >= 0.3 is 0 Å². The van der Waals surface area contributed by atoms with Crippen molar-refractivity contribution in [2.24, 2.45) is 0 Å². The minimum absolute atomic E-state index is 0.0412. The van der Waals surface area contributed by atoms with Crippen LogP contribution < -0.4 is 5.32 Å². The van der Waals surface area contributed by atoms with Crippen LogP contribution in [0.5, 0.6) is 0 Å². The highest BCUT2D eigenvalue weighted by Gasteiger charge is 2.27. The van der Waals surface area contributed by atoms with Gasteiger partial charge in [-0.25, -0.2) is 8.42 Å². The van der Waals surface area contributed by atoms with E-state index >= 15 is 0 Å².